The van der Waals surface area contributed by atoms with Crippen molar-refractivity contribution in [1.29, 1.82) is 0 Å². The number of carbonyl (C=O) groups excluding carboxylic acids is 2. The summed E-state index contributed by atoms with van der Waals surface area (Å²) in [6.07, 6.45) is 0.169. The van der Waals surface area contributed by atoms with Crippen molar-refractivity contribution in [3.05, 3.63) is 34.9 Å². The highest BCUT2D eigenvalue weighted by Crippen LogP contribution is 2.11. The fraction of sp³-hybridized carbons (Fsp3) is 0.400. The normalized spacial score (nSPS) is 11.6. The Hall–Kier alpha value is -2.37. The molecular weight excluding hydrogens is 274 g/mol. The number of nitrogens with one attached hydrogen (secondary N) is 1. The third kappa shape index (κ3) is 5.64. The molecule has 1 rings (SSSR count). The van der Waals surface area contributed by atoms with Crippen molar-refractivity contribution in [2.24, 2.45) is 0 Å². The van der Waals surface area contributed by atoms with E-state index in [4.69, 9.17) is 5.11 Å². The Balaban J connectivity index is 2.69. The molecule has 21 heavy (non-hydrogen) atoms. The molecule has 0 bridgehead atoms. The summed E-state index contributed by atoms with van der Waals surface area (Å²) < 4.78 is 4.53. The van der Waals surface area contributed by atoms with Gasteiger partial charge >= 0.3 is 11.9 Å². The molecule has 0 aliphatic carbocycles. The van der Waals surface area contributed by atoms with Gasteiger partial charge in [0.25, 0.3) is 5.91 Å². The van der Waals surface area contributed by atoms with E-state index in [1.807, 2.05) is 32.0 Å². The van der Waals surface area contributed by atoms with E-state index in [1.54, 1.807) is 0 Å². The van der Waals surface area contributed by atoms with Gasteiger partial charge in [-0.05, 0) is 30.5 Å². The maximum Gasteiger partial charge on any atom is 0.326 e. The standard InChI is InChI=1S/C15H19NO5/c1-9-4-5-12(6-10(9)2)7-13(15(19)20)16-14(18)8-21-11(3)17/h4-6,13H,7-8H2,1-3H3,(H,16,18)(H,19,20)/t13-/m0/s1. The van der Waals surface area contributed by atoms with Gasteiger partial charge in [0.2, 0.25) is 0 Å². The van der Waals surface area contributed by atoms with E-state index in [0.29, 0.717) is 0 Å². The lowest BCUT2D eigenvalue weighted by Crippen LogP contribution is -2.44. The first-order valence-corrected chi connectivity index (χ1v) is 6.51. The van der Waals surface area contributed by atoms with Crippen LogP contribution < -0.4 is 5.32 Å². The first-order valence-electron chi connectivity index (χ1n) is 6.51. The SMILES string of the molecule is CC(=O)OCC(=O)N[C@@H](Cc1ccc(C)c(C)c1)C(=O)O. The van der Waals surface area contributed by atoms with Gasteiger partial charge < -0.3 is 15.2 Å². The minimum atomic E-state index is -1.13. The number of hydrogen-bond acceptors (Lipinski definition) is 4. The zero-order valence-electron chi connectivity index (χ0n) is 12.3. The number of hydrogen-bond donors (Lipinski definition) is 2. The van der Waals surface area contributed by atoms with E-state index < -0.39 is 30.5 Å². The van der Waals surface area contributed by atoms with E-state index in [0.717, 1.165) is 16.7 Å². The Morgan fingerprint density at radius 1 is 1.24 bits per heavy atom. The zero-order valence-corrected chi connectivity index (χ0v) is 12.3. The van der Waals surface area contributed by atoms with Crippen LogP contribution in [-0.4, -0.2) is 35.6 Å². The van der Waals surface area contributed by atoms with Crippen molar-refractivity contribution in [1.82, 2.24) is 5.32 Å². The molecule has 0 spiro atoms. The summed E-state index contributed by atoms with van der Waals surface area (Å²) >= 11 is 0. The number of aryl methyl sites for hydroxylation is 2. The molecule has 0 unspecified atom stereocenters. The second-order valence-corrected chi connectivity index (χ2v) is 4.86. The van der Waals surface area contributed by atoms with Crippen LogP contribution >= 0.6 is 0 Å². The number of carbonyl (C=O) groups is 3. The Morgan fingerprint density at radius 3 is 2.43 bits per heavy atom. The smallest absolute Gasteiger partial charge is 0.326 e. The van der Waals surface area contributed by atoms with Gasteiger partial charge in [-0.15, -0.1) is 0 Å². The highest BCUT2D eigenvalue weighted by atomic mass is 16.5. The topological polar surface area (TPSA) is 92.7 Å². The summed E-state index contributed by atoms with van der Waals surface area (Å²) in [5, 5.41) is 11.5. The number of carboxylic acids is 1. The van der Waals surface area contributed by atoms with Crippen molar-refractivity contribution in [3.8, 4) is 0 Å². The molecule has 6 nitrogen and oxygen atoms in total. The molecule has 114 valence electrons. The molecule has 0 saturated carbocycles. The predicted molar refractivity (Wildman–Crippen MR) is 75.8 cm³/mol. The van der Waals surface area contributed by atoms with Crippen molar-refractivity contribution in [2.75, 3.05) is 6.61 Å². The lowest BCUT2D eigenvalue weighted by Gasteiger charge is -2.15. The molecule has 0 radical (unpaired) electrons. The summed E-state index contributed by atoms with van der Waals surface area (Å²) in [5.74, 6) is -2.36. The lowest BCUT2D eigenvalue weighted by molar-refractivity contribution is -0.148. The molecule has 0 aromatic heterocycles. The highest BCUT2D eigenvalue weighted by molar-refractivity contribution is 5.85. The Bertz CT molecular complexity index is 553. The summed E-state index contributed by atoms with van der Waals surface area (Å²) in [7, 11) is 0. The largest absolute Gasteiger partial charge is 0.480 e. The highest BCUT2D eigenvalue weighted by Gasteiger charge is 2.21. The lowest BCUT2D eigenvalue weighted by atomic mass is 10.0. The van der Waals surface area contributed by atoms with E-state index in [1.165, 1.54) is 6.92 Å². The van der Waals surface area contributed by atoms with Crippen LogP contribution in [0.5, 0.6) is 0 Å². The fourth-order valence-corrected chi connectivity index (χ4v) is 1.77. The number of amides is 1. The summed E-state index contributed by atoms with van der Waals surface area (Å²) in [4.78, 5) is 33.3. The third-order valence-electron chi connectivity index (χ3n) is 3.05. The molecular formula is C15H19NO5. The van der Waals surface area contributed by atoms with Gasteiger partial charge in [-0.2, -0.15) is 0 Å². The minimum Gasteiger partial charge on any atom is -0.480 e. The molecule has 1 aromatic rings. The average Bonchev–Trinajstić information content (AvgIpc) is 2.39. The van der Waals surface area contributed by atoms with Gasteiger partial charge in [-0.25, -0.2) is 4.79 Å². The number of esters is 1. The van der Waals surface area contributed by atoms with Crippen LogP contribution in [0.2, 0.25) is 0 Å². The number of benzene rings is 1. The number of aliphatic carboxylic acids is 1. The van der Waals surface area contributed by atoms with E-state index in [2.05, 4.69) is 10.1 Å². The zero-order chi connectivity index (χ0) is 16.0. The second kappa shape index (κ2) is 7.42. The van der Waals surface area contributed by atoms with Crippen LogP contribution in [0.25, 0.3) is 0 Å². The maximum atomic E-state index is 11.5. The van der Waals surface area contributed by atoms with Gasteiger partial charge in [0.05, 0.1) is 0 Å². The number of carboxylic acid groups (broad SMARTS) is 1. The quantitative estimate of drug-likeness (QED) is 0.763. The molecule has 0 fully saturated rings. The van der Waals surface area contributed by atoms with Gasteiger partial charge in [0.1, 0.15) is 6.04 Å². The van der Waals surface area contributed by atoms with Crippen LogP contribution in [0.4, 0.5) is 0 Å². The van der Waals surface area contributed by atoms with Gasteiger partial charge in [0, 0.05) is 13.3 Å². The van der Waals surface area contributed by atoms with Crippen LogP contribution in [0.3, 0.4) is 0 Å². The van der Waals surface area contributed by atoms with Crippen LogP contribution in [0, 0.1) is 13.8 Å². The van der Waals surface area contributed by atoms with Crippen molar-refractivity contribution < 1.29 is 24.2 Å². The van der Waals surface area contributed by atoms with Gasteiger partial charge in [-0.1, -0.05) is 18.2 Å². The monoisotopic (exact) mass is 293 g/mol. The van der Waals surface area contributed by atoms with Gasteiger partial charge in [0.15, 0.2) is 6.61 Å². The Labute approximate surface area is 123 Å². The van der Waals surface area contributed by atoms with E-state index in [9.17, 15) is 14.4 Å². The van der Waals surface area contributed by atoms with Crippen molar-refractivity contribution in [3.63, 3.8) is 0 Å². The van der Waals surface area contributed by atoms with Gasteiger partial charge in [-0.3, -0.25) is 9.59 Å². The maximum absolute atomic E-state index is 11.5. The minimum absolute atomic E-state index is 0.169. The predicted octanol–water partition coefficient (Wildman–Crippen LogP) is 0.978. The van der Waals surface area contributed by atoms with Crippen molar-refractivity contribution in [2.45, 2.75) is 33.2 Å². The fourth-order valence-electron chi connectivity index (χ4n) is 1.77. The molecule has 1 aromatic carbocycles. The molecule has 1 amide bonds. The molecule has 0 saturated heterocycles. The van der Waals surface area contributed by atoms with E-state index >= 15 is 0 Å². The second-order valence-electron chi connectivity index (χ2n) is 4.86. The number of ether oxygens (including phenoxy) is 1. The molecule has 6 heteroatoms. The Morgan fingerprint density at radius 2 is 1.90 bits per heavy atom. The van der Waals surface area contributed by atoms with Crippen molar-refractivity contribution >= 4 is 17.8 Å². The summed E-state index contributed by atoms with van der Waals surface area (Å²) in [6, 6.07) is 4.57. The first kappa shape index (κ1) is 16.7. The summed E-state index contributed by atoms with van der Waals surface area (Å²) in [6.45, 7) is 4.60. The molecule has 0 aliphatic rings. The number of rotatable bonds is 6. The van der Waals surface area contributed by atoms with Crippen LogP contribution in [0.1, 0.15) is 23.6 Å². The third-order valence-corrected chi connectivity index (χ3v) is 3.05. The molecule has 0 heterocycles. The summed E-state index contributed by atoms with van der Waals surface area (Å²) in [5.41, 5.74) is 2.99. The van der Waals surface area contributed by atoms with Crippen LogP contribution in [0.15, 0.2) is 18.2 Å². The average molecular weight is 293 g/mol. The first-order chi connectivity index (χ1) is 9.79. The van der Waals surface area contributed by atoms with E-state index in [-0.39, 0.29) is 6.42 Å². The molecule has 2 N–H and O–H groups in total. The molecule has 1 atom stereocenters. The Kier molecular flexibility index (Phi) is 5.90. The molecule has 0 aliphatic heterocycles. The van der Waals surface area contributed by atoms with Crippen LogP contribution in [-0.2, 0) is 25.5 Å².